The van der Waals surface area contributed by atoms with E-state index in [2.05, 4.69) is 59.2 Å². The molecule has 0 saturated carbocycles. The Morgan fingerprint density at radius 1 is 1.09 bits per heavy atom. The van der Waals surface area contributed by atoms with Gasteiger partial charge in [0.15, 0.2) is 0 Å². The number of imidazole rings is 1. The van der Waals surface area contributed by atoms with Crippen molar-refractivity contribution in [2.24, 2.45) is 0 Å². The van der Waals surface area contributed by atoms with Crippen LogP contribution >= 0.6 is 0 Å². The van der Waals surface area contributed by atoms with E-state index in [-0.39, 0.29) is 0 Å². The van der Waals surface area contributed by atoms with Gasteiger partial charge in [0.1, 0.15) is 12.4 Å². The van der Waals surface area contributed by atoms with Crippen LogP contribution < -0.4 is 10.1 Å². The summed E-state index contributed by atoms with van der Waals surface area (Å²) in [6.45, 7) is 6.44. The molecular formula is C23H26F3N3O3. The van der Waals surface area contributed by atoms with Gasteiger partial charge in [-0.25, -0.2) is 9.78 Å². The quantitative estimate of drug-likeness (QED) is 0.508. The normalized spacial score (nSPS) is 11.1. The van der Waals surface area contributed by atoms with E-state index in [0.717, 1.165) is 24.5 Å². The van der Waals surface area contributed by atoms with E-state index < -0.39 is 12.1 Å². The fourth-order valence-corrected chi connectivity index (χ4v) is 2.57. The minimum absolute atomic E-state index is 0.444. The van der Waals surface area contributed by atoms with E-state index in [9.17, 15) is 13.2 Å². The lowest BCUT2D eigenvalue weighted by Crippen LogP contribution is -2.21. The highest BCUT2D eigenvalue weighted by Crippen LogP contribution is 2.15. The molecule has 0 atom stereocenters. The predicted octanol–water partition coefficient (Wildman–Crippen LogP) is 4.97. The Kier molecular flexibility index (Phi) is 9.27. The van der Waals surface area contributed by atoms with Crippen molar-refractivity contribution in [3.05, 3.63) is 83.9 Å². The Labute approximate surface area is 184 Å². The molecule has 6 nitrogen and oxygen atoms in total. The van der Waals surface area contributed by atoms with Crippen molar-refractivity contribution in [1.82, 2.24) is 14.9 Å². The molecule has 2 aromatic carbocycles. The maximum Gasteiger partial charge on any atom is 0.490 e. The zero-order valence-corrected chi connectivity index (χ0v) is 17.8. The van der Waals surface area contributed by atoms with Crippen LogP contribution in [0.5, 0.6) is 5.75 Å². The fourth-order valence-electron chi connectivity index (χ4n) is 2.57. The molecule has 1 heterocycles. The number of ether oxygens (including phenoxy) is 1. The van der Waals surface area contributed by atoms with Crippen molar-refractivity contribution >= 4 is 5.97 Å². The molecule has 0 bridgehead atoms. The number of carboxylic acid groups (broad SMARTS) is 1. The van der Waals surface area contributed by atoms with Crippen LogP contribution in [-0.2, 0) is 24.5 Å². The van der Waals surface area contributed by atoms with Gasteiger partial charge in [0.05, 0.1) is 12.0 Å². The Morgan fingerprint density at radius 2 is 1.75 bits per heavy atom. The minimum Gasteiger partial charge on any atom is -0.489 e. The third kappa shape index (κ3) is 8.81. The maximum absolute atomic E-state index is 10.6. The van der Waals surface area contributed by atoms with Crippen molar-refractivity contribution in [2.45, 2.75) is 45.8 Å². The summed E-state index contributed by atoms with van der Waals surface area (Å²) in [5, 5.41) is 10.6. The van der Waals surface area contributed by atoms with E-state index in [0.29, 0.717) is 12.6 Å². The molecule has 3 rings (SSSR count). The fraction of sp³-hybridized carbons (Fsp3) is 0.304. The minimum atomic E-state index is -5.08. The van der Waals surface area contributed by atoms with Gasteiger partial charge in [0.2, 0.25) is 0 Å². The number of carbonyl (C=O) groups is 1. The molecule has 0 spiro atoms. The summed E-state index contributed by atoms with van der Waals surface area (Å²) < 4.78 is 39.7. The van der Waals surface area contributed by atoms with Gasteiger partial charge in [-0.15, -0.1) is 0 Å². The molecule has 9 heteroatoms. The first-order valence-electron chi connectivity index (χ1n) is 9.94. The molecule has 32 heavy (non-hydrogen) atoms. The Balaban J connectivity index is 0.000000451. The summed E-state index contributed by atoms with van der Waals surface area (Å²) in [7, 11) is 0. The van der Waals surface area contributed by atoms with E-state index in [1.165, 1.54) is 11.1 Å². The summed E-state index contributed by atoms with van der Waals surface area (Å²) in [6.07, 6.45) is -1.10. The van der Waals surface area contributed by atoms with Gasteiger partial charge in [-0.3, -0.25) is 0 Å². The third-order valence-electron chi connectivity index (χ3n) is 4.28. The van der Waals surface area contributed by atoms with Gasteiger partial charge in [0.25, 0.3) is 0 Å². The average molecular weight is 449 g/mol. The molecule has 0 radical (unpaired) electrons. The second-order valence-corrected chi connectivity index (χ2v) is 7.23. The van der Waals surface area contributed by atoms with Crippen LogP contribution in [-0.4, -0.2) is 26.8 Å². The van der Waals surface area contributed by atoms with E-state index in [1.807, 2.05) is 36.7 Å². The standard InChI is InChI=1S/C21H25N3O.C2HF3O2/c1-17(2)24-14-20(23-16-24)13-22-12-19-9-6-10-21(11-19)25-15-18-7-4-3-5-8-18;3-2(4,5)1(6)7/h3-11,14,16-17,22H,12-13,15H2,1-2H3;(H,6,7). The lowest BCUT2D eigenvalue weighted by atomic mass is 10.2. The lowest BCUT2D eigenvalue weighted by molar-refractivity contribution is -0.192. The van der Waals surface area contributed by atoms with E-state index >= 15 is 0 Å². The number of aromatic nitrogens is 2. The number of alkyl halides is 3. The van der Waals surface area contributed by atoms with Crippen molar-refractivity contribution in [3.8, 4) is 5.75 Å². The Bertz CT molecular complexity index is 973. The second-order valence-electron chi connectivity index (χ2n) is 7.23. The molecule has 3 aromatic rings. The number of hydrogen-bond acceptors (Lipinski definition) is 4. The SMILES string of the molecule is CC(C)n1cnc(CNCc2cccc(OCc3ccccc3)c2)c1.O=C(O)C(F)(F)F. The number of rotatable bonds is 8. The van der Waals surface area contributed by atoms with E-state index in [1.54, 1.807) is 0 Å². The zero-order chi connectivity index (χ0) is 23.6. The number of nitrogens with zero attached hydrogens (tertiary/aromatic N) is 2. The molecular weight excluding hydrogens is 423 g/mol. The number of halogens is 3. The molecule has 0 saturated heterocycles. The van der Waals surface area contributed by atoms with Crippen LogP contribution in [0.3, 0.4) is 0 Å². The summed E-state index contributed by atoms with van der Waals surface area (Å²) in [5.74, 6) is -1.86. The molecule has 1 aromatic heterocycles. The van der Waals surface area contributed by atoms with Crippen molar-refractivity contribution in [2.75, 3.05) is 0 Å². The molecule has 0 fully saturated rings. The first-order valence-corrected chi connectivity index (χ1v) is 9.94. The van der Waals surface area contributed by atoms with E-state index in [4.69, 9.17) is 14.6 Å². The van der Waals surface area contributed by atoms with Gasteiger partial charge in [-0.05, 0) is 37.1 Å². The van der Waals surface area contributed by atoms with Gasteiger partial charge in [-0.2, -0.15) is 13.2 Å². The number of nitrogens with one attached hydrogen (secondary N) is 1. The highest BCUT2D eigenvalue weighted by Gasteiger charge is 2.38. The van der Waals surface area contributed by atoms with Crippen LogP contribution in [0.4, 0.5) is 13.2 Å². The largest absolute Gasteiger partial charge is 0.490 e. The van der Waals surface area contributed by atoms with Crippen LogP contribution in [0.25, 0.3) is 0 Å². The molecule has 172 valence electrons. The highest BCUT2D eigenvalue weighted by molar-refractivity contribution is 5.73. The van der Waals surface area contributed by atoms with Gasteiger partial charge in [-0.1, -0.05) is 42.5 Å². The second kappa shape index (κ2) is 11.9. The number of carboxylic acids is 1. The molecule has 0 amide bonds. The Morgan fingerprint density at radius 3 is 2.34 bits per heavy atom. The van der Waals surface area contributed by atoms with Gasteiger partial charge in [0, 0.05) is 25.3 Å². The van der Waals surface area contributed by atoms with Crippen LogP contribution in [0.1, 0.15) is 36.7 Å². The van der Waals surface area contributed by atoms with Crippen molar-refractivity contribution < 1.29 is 27.8 Å². The van der Waals surface area contributed by atoms with Crippen LogP contribution in [0.2, 0.25) is 0 Å². The number of aliphatic carboxylic acids is 1. The average Bonchev–Trinajstić information content (AvgIpc) is 3.22. The summed E-state index contributed by atoms with van der Waals surface area (Å²) in [5.41, 5.74) is 3.44. The van der Waals surface area contributed by atoms with Crippen LogP contribution in [0.15, 0.2) is 67.1 Å². The number of benzene rings is 2. The van der Waals surface area contributed by atoms with Crippen LogP contribution in [0, 0.1) is 0 Å². The molecule has 0 unspecified atom stereocenters. The Hall–Kier alpha value is -3.33. The summed E-state index contributed by atoms with van der Waals surface area (Å²) >= 11 is 0. The molecule has 2 N–H and O–H groups in total. The first kappa shape index (κ1) is 24.9. The van der Waals surface area contributed by atoms with Crippen molar-refractivity contribution in [3.63, 3.8) is 0 Å². The molecule has 0 aliphatic carbocycles. The smallest absolute Gasteiger partial charge is 0.489 e. The topological polar surface area (TPSA) is 76.4 Å². The number of hydrogen-bond donors (Lipinski definition) is 2. The lowest BCUT2D eigenvalue weighted by Gasteiger charge is -2.09. The molecule has 0 aliphatic heterocycles. The van der Waals surface area contributed by atoms with Crippen molar-refractivity contribution in [1.29, 1.82) is 0 Å². The first-order chi connectivity index (χ1) is 15.1. The van der Waals surface area contributed by atoms with Gasteiger partial charge >= 0.3 is 12.1 Å². The molecule has 0 aliphatic rings. The predicted molar refractivity (Wildman–Crippen MR) is 114 cm³/mol. The zero-order valence-electron chi connectivity index (χ0n) is 17.8. The monoisotopic (exact) mass is 449 g/mol. The maximum atomic E-state index is 10.6. The summed E-state index contributed by atoms with van der Waals surface area (Å²) in [6, 6.07) is 18.9. The highest BCUT2D eigenvalue weighted by atomic mass is 19.4. The third-order valence-corrected chi connectivity index (χ3v) is 4.28. The summed E-state index contributed by atoms with van der Waals surface area (Å²) in [4.78, 5) is 13.3. The van der Waals surface area contributed by atoms with Gasteiger partial charge < -0.3 is 19.7 Å².